The van der Waals surface area contributed by atoms with Crippen molar-refractivity contribution < 1.29 is 9.74 Å². The molecule has 3 heterocycles. The lowest BCUT2D eigenvalue weighted by atomic mass is 10.1. The van der Waals surface area contributed by atoms with Gasteiger partial charge in [0.15, 0.2) is 17.3 Å². The van der Waals surface area contributed by atoms with E-state index in [1.54, 1.807) is 12.3 Å². The summed E-state index contributed by atoms with van der Waals surface area (Å²) in [6.07, 6.45) is 1.64. The standard InChI is InChI=1S/C17H15ClN6O2/c1-2-24-15-10(8-25)7-20-12(9-4-3-5-11(18)6-9)13(15)21-17(24)14-16(19)23-26-22-14/h3-7,25H,2,8H2,1H3,(H2,19,23). The van der Waals surface area contributed by atoms with Gasteiger partial charge in [-0.15, -0.1) is 0 Å². The van der Waals surface area contributed by atoms with E-state index in [1.165, 1.54) is 0 Å². The second-order valence-corrected chi connectivity index (χ2v) is 6.11. The maximum atomic E-state index is 9.78. The summed E-state index contributed by atoms with van der Waals surface area (Å²) < 4.78 is 6.63. The predicted octanol–water partition coefficient (Wildman–Crippen LogP) is 2.90. The number of fused-ring (bicyclic) bond motifs is 1. The SMILES string of the molecule is CCn1c(-c2nonc2N)nc2c(-c3cccc(Cl)c3)ncc(CO)c21. The van der Waals surface area contributed by atoms with Crippen LogP contribution in [0.5, 0.6) is 0 Å². The highest BCUT2D eigenvalue weighted by Crippen LogP contribution is 2.34. The molecule has 0 saturated carbocycles. The number of nitrogen functional groups attached to an aromatic ring is 1. The molecule has 3 N–H and O–H groups in total. The van der Waals surface area contributed by atoms with Crippen molar-refractivity contribution in [1.29, 1.82) is 0 Å². The second kappa shape index (κ2) is 6.40. The number of anilines is 1. The number of aliphatic hydroxyl groups is 1. The molecule has 0 aliphatic heterocycles. The minimum absolute atomic E-state index is 0.151. The van der Waals surface area contributed by atoms with Crippen LogP contribution in [0.1, 0.15) is 12.5 Å². The van der Waals surface area contributed by atoms with Crippen LogP contribution in [-0.4, -0.2) is 30.0 Å². The summed E-state index contributed by atoms with van der Waals surface area (Å²) in [5, 5.41) is 17.9. The van der Waals surface area contributed by atoms with Gasteiger partial charge in [-0.1, -0.05) is 23.7 Å². The van der Waals surface area contributed by atoms with Gasteiger partial charge in [0.2, 0.25) is 0 Å². The molecule has 4 aromatic rings. The third-order valence-electron chi connectivity index (χ3n) is 4.16. The molecular formula is C17H15ClN6O2. The van der Waals surface area contributed by atoms with E-state index in [4.69, 9.17) is 26.9 Å². The molecule has 0 bridgehead atoms. The van der Waals surface area contributed by atoms with E-state index in [9.17, 15) is 5.11 Å². The molecule has 0 atom stereocenters. The van der Waals surface area contributed by atoms with Gasteiger partial charge in [-0.05, 0) is 29.4 Å². The summed E-state index contributed by atoms with van der Waals surface area (Å²) in [7, 11) is 0. The van der Waals surface area contributed by atoms with Gasteiger partial charge in [-0.3, -0.25) is 4.98 Å². The lowest BCUT2D eigenvalue weighted by molar-refractivity contribution is 0.282. The Morgan fingerprint density at radius 2 is 2.12 bits per heavy atom. The van der Waals surface area contributed by atoms with Crippen LogP contribution < -0.4 is 5.73 Å². The van der Waals surface area contributed by atoms with E-state index in [-0.39, 0.29) is 12.4 Å². The number of aryl methyl sites for hydroxylation is 1. The molecule has 26 heavy (non-hydrogen) atoms. The number of aliphatic hydroxyl groups excluding tert-OH is 1. The first-order valence-electron chi connectivity index (χ1n) is 7.97. The van der Waals surface area contributed by atoms with Crippen molar-refractivity contribution in [3.05, 3.63) is 41.0 Å². The number of benzene rings is 1. The largest absolute Gasteiger partial charge is 0.392 e. The Morgan fingerprint density at radius 1 is 1.27 bits per heavy atom. The number of pyridine rings is 1. The number of hydrogen-bond acceptors (Lipinski definition) is 7. The van der Waals surface area contributed by atoms with Crippen LogP contribution in [0.4, 0.5) is 5.82 Å². The fourth-order valence-electron chi connectivity index (χ4n) is 3.01. The third-order valence-corrected chi connectivity index (χ3v) is 4.39. The normalized spacial score (nSPS) is 11.3. The van der Waals surface area contributed by atoms with E-state index >= 15 is 0 Å². The van der Waals surface area contributed by atoms with Crippen LogP contribution >= 0.6 is 11.6 Å². The summed E-state index contributed by atoms with van der Waals surface area (Å²) in [6, 6.07) is 7.37. The van der Waals surface area contributed by atoms with Gasteiger partial charge in [0, 0.05) is 28.9 Å². The fraction of sp³-hybridized carbons (Fsp3) is 0.176. The minimum Gasteiger partial charge on any atom is -0.392 e. The topological polar surface area (TPSA) is 116 Å². The Kier molecular flexibility index (Phi) is 4.06. The predicted molar refractivity (Wildman–Crippen MR) is 97.3 cm³/mol. The maximum Gasteiger partial charge on any atom is 0.199 e. The average Bonchev–Trinajstić information content (AvgIpc) is 3.23. The van der Waals surface area contributed by atoms with E-state index in [1.807, 2.05) is 29.7 Å². The van der Waals surface area contributed by atoms with Crippen LogP contribution in [0.15, 0.2) is 35.1 Å². The number of halogens is 1. The molecule has 4 rings (SSSR count). The van der Waals surface area contributed by atoms with Crippen molar-refractivity contribution in [2.75, 3.05) is 5.73 Å². The molecule has 0 saturated heterocycles. The van der Waals surface area contributed by atoms with Crippen LogP contribution in [0.3, 0.4) is 0 Å². The molecule has 0 aliphatic rings. The number of hydrogen-bond donors (Lipinski definition) is 2. The Bertz CT molecular complexity index is 1100. The second-order valence-electron chi connectivity index (χ2n) is 5.68. The molecule has 3 aromatic heterocycles. The van der Waals surface area contributed by atoms with Gasteiger partial charge in [-0.2, -0.15) is 0 Å². The highest BCUT2D eigenvalue weighted by Gasteiger charge is 2.23. The molecule has 132 valence electrons. The Morgan fingerprint density at radius 3 is 2.77 bits per heavy atom. The third kappa shape index (κ3) is 2.51. The Labute approximate surface area is 153 Å². The van der Waals surface area contributed by atoms with Crippen molar-refractivity contribution in [3.8, 4) is 22.8 Å². The summed E-state index contributed by atoms with van der Waals surface area (Å²) in [4.78, 5) is 9.20. The summed E-state index contributed by atoms with van der Waals surface area (Å²) in [5.74, 6) is 0.657. The minimum atomic E-state index is -0.170. The van der Waals surface area contributed by atoms with Crippen LogP contribution in [0, 0.1) is 0 Å². The van der Waals surface area contributed by atoms with Gasteiger partial charge >= 0.3 is 0 Å². The maximum absolute atomic E-state index is 9.78. The number of nitrogens with two attached hydrogens (primary N) is 1. The molecule has 0 fully saturated rings. The quantitative estimate of drug-likeness (QED) is 0.567. The number of rotatable bonds is 4. The van der Waals surface area contributed by atoms with Crippen LogP contribution in [0.25, 0.3) is 33.8 Å². The first-order valence-corrected chi connectivity index (χ1v) is 8.35. The van der Waals surface area contributed by atoms with Gasteiger partial charge in [0.25, 0.3) is 0 Å². The van der Waals surface area contributed by atoms with Gasteiger partial charge in [-0.25, -0.2) is 9.61 Å². The van der Waals surface area contributed by atoms with Gasteiger partial charge in [0.05, 0.1) is 17.8 Å². The molecule has 0 radical (unpaired) electrons. The van der Waals surface area contributed by atoms with Gasteiger partial charge in [0.1, 0.15) is 5.52 Å². The van der Waals surface area contributed by atoms with Crippen molar-refractivity contribution in [1.82, 2.24) is 24.8 Å². The van der Waals surface area contributed by atoms with Crippen molar-refractivity contribution in [2.24, 2.45) is 0 Å². The molecule has 0 amide bonds. The highest BCUT2D eigenvalue weighted by atomic mass is 35.5. The monoisotopic (exact) mass is 370 g/mol. The van der Waals surface area contributed by atoms with Crippen LogP contribution in [0.2, 0.25) is 5.02 Å². The van der Waals surface area contributed by atoms with Crippen molar-refractivity contribution in [2.45, 2.75) is 20.1 Å². The lowest BCUT2D eigenvalue weighted by Crippen LogP contribution is -2.02. The van der Waals surface area contributed by atoms with Gasteiger partial charge < -0.3 is 15.4 Å². The molecule has 0 spiro atoms. The zero-order chi connectivity index (χ0) is 18.3. The lowest BCUT2D eigenvalue weighted by Gasteiger charge is -2.09. The average molecular weight is 371 g/mol. The van der Waals surface area contributed by atoms with E-state index in [0.29, 0.717) is 39.9 Å². The molecule has 8 nitrogen and oxygen atoms in total. The molecule has 0 aliphatic carbocycles. The number of imidazole rings is 1. The summed E-state index contributed by atoms with van der Waals surface area (Å²) >= 11 is 6.13. The first-order chi connectivity index (χ1) is 12.6. The highest BCUT2D eigenvalue weighted by molar-refractivity contribution is 6.30. The first kappa shape index (κ1) is 16.5. The number of nitrogens with zero attached hydrogens (tertiary/aromatic N) is 5. The van der Waals surface area contributed by atoms with Crippen molar-refractivity contribution >= 4 is 28.5 Å². The summed E-state index contributed by atoms with van der Waals surface area (Å²) in [6.45, 7) is 2.39. The smallest absolute Gasteiger partial charge is 0.199 e. The fourth-order valence-corrected chi connectivity index (χ4v) is 3.20. The molecular weight excluding hydrogens is 356 g/mol. The molecule has 9 heteroatoms. The van der Waals surface area contributed by atoms with E-state index in [0.717, 1.165) is 11.1 Å². The van der Waals surface area contributed by atoms with E-state index in [2.05, 4.69) is 15.3 Å². The molecule has 0 unspecified atom stereocenters. The molecule has 1 aromatic carbocycles. The Balaban J connectivity index is 2.08. The van der Waals surface area contributed by atoms with E-state index < -0.39 is 0 Å². The van der Waals surface area contributed by atoms with Crippen molar-refractivity contribution in [3.63, 3.8) is 0 Å². The zero-order valence-electron chi connectivity index (χ0n) is 13.8. The number of aromatic nitrogens is 5. The zero-order valence-corrected chi connectivity index (χ0v) is 14.6. The summed E-state index contributed by atoms with van der Waals surface area (Å²) in [5.41, 5.74) is 9.72. The van der Waals surface area contributed by atoms with Crippen LogP contribution in [-0.2, 0) is 13.2 Å². The Hall–Kier alpha value is -2.97.